The minimum atomic E-state index is -3.21. The minimum Gasteiger partial charge on any atom is -0.354 e. The molecule has 0 aromatic heterocycles. The lowest BCUT2D eigenvalue weighted by molar-refractivity contribution is 0.527. The third kappa shape index (κ3) is 7.44. The van der Waals surface area contributed by atoms with E-state index in [4.69, 9.17) is 12.2 Å². The molecule has 0 aromatic carbocycles. The molecule has 6 nitrogen and oxygen atoms in total. The second-order valence-corrected chi connectivity index (χ2v) is 8.74. The van der Waals surface area contributed by atoms with Gasteiger partial charge in [-0.1, -0.05) is 38.2 Å². The van der Waals surface area contributed by atoms with Crippen molar-refractivity contribution in [1.29, 1.82) is 0 Å². The number of rotatable bonds is 5. The Labute approximate surface area is 175 Å². The molecule has 3 N–H and O–H groups in total. The van der Waals surface area contributed by atoms with Gasteiger partial charge in [0.2, 0.25) is 0 Å². The molecular weight excluding hydrogens is 392 g/mol. The zero-order chi connectivity index (χ0) is 21.3. The van der Waals surface area contributed by atoms with Crippen LogP contribution in [-0.4, -0.2) is 32.2 Å². The van der Waals surface area contributed by atoms with Gasteiger partial charge >= 0.3 is 0 Å². The second kappa shape index (κ2) is 11.0. The fourth-order valence-corrected chi connectivity index (χ4v) is 3.32. The molecule has 2 aliphatic rings. The molecule has 1 heterocycles. The highest BCUT2D eigenvalue weighted by atomic mass is 32.2. The Bertz CT molecular complexity index is 882. The summed E-state index contributed by atoms with van der Waals surface area (Å²) < 4.78 is 23.3. The van der Waals surface area contributed by atoms with E-state index in [9.17, 15) is 8.42 Å². The predicted molar refractivity (Wildman–Crippen MR) is 125 cm³/mol. The van der Waals surface area contributed by atoms with Crippen LogP contribution in [0.2, 0.25) is 0 Å². The summed E-state index contributed by atoms with van der Waals surface area (Å²) in [6, 6.07) is 0. The highest BCUT2D eigenvalue weighted by molar-refractivity contribution is 7.94. The SMILES string of the molecule is CC.CC(=S)N/C(C)=C(\C)C1=CC=NC(NC2=CCC=C(S(C)(=O)=O)C=C2)N1.[HH]. The Morgan fingerprint density at radius 3 is 2.54 bits per heavy atom. The lowest BCUT2D eigenvalue weighted by Gasteiger charge is -2.24. The normalized spacial score (nSPS) is 19.5. The fraction of sp³-hybridized carbons (Fsp3) is 0.400. The van der Waals surface area contributed by atoms with Crippen molar-refractivity contribution < 1.29 is 9.84 Å². The fourth-order valence-electron chi connectivity index (χ4n) is 2.45. The Morgan fingerprint density at radius 1 is 1.25 bits per heavy atom. The van der Waals surface area contributed by atoms with Gasteiger partial charge in [0, 0.05) is 31.0 Å². The van der Waals surface area contributed by atoms with Gasteiger partial charge in [0.25, 0.3) is 0 Å². The van der Waals surface area contributed by atoms with E-state index in [2.05, 4.69) is 20.9 Å². The lowest BCUT2D eigenvalue weighted by Crippen LogP contribution is -2.41. The number of aliphatic imine (C=N–C) groups is 1. The third-order valence-electron chi connectivity index (χ3n) is 3.91. The first-order chi connectivity index (χ1) is 13.2. The molecule has 1 aliphatic heterocycles. The first kappa shape index (κ1) is 23.8. The first-order valence-corrected chi connectivity index (χ1v) is 11.5. The van der Waals surface area contributed by atoms with Crippen molar-refractivity contribution >= 4 is 33.3 Å². The van der Waals surface area contributed by atoms with E-state index < -0.39 is 9.84 Å². The van der Waals surface area contributed by atoms with Crippen LogP contribution in [0.3, 0.4) is 0 Å². The van der Waals surface area contributed by atoms with Crippen LogP contribution in [0.1, 0.15) is 42.5 Å². The van der Waals surface area contributed by atoms with Crippen LogP contribution in [-0.2, 0) is 9.84 Å². The molecule has 8 heteroatoms. The van der Waals surface area contributed by atoms with E-state index in [0.717, 1.165) is 22.7 Å². The van der Waals surface area contributed by atoms with Gasteiger partial charge in [-0.15, -0.1) is 0 Å². The molecule has 1 aliphatic carbocycles. The maximum atomic E-state index is 11.7. The van der Waals surface area contributed by atoms with Gasteiger partial charge in [0.15, 0.2) is 16.1 Å². The highest BCUT2D eigenvalue weighted by Gasteiger charge is 2.15. The number of allylic oxidation sites excluding steroid dienone is 7. The molecule has 0 spiro atoms. The third-order valence-corrected chi connectivity index (χ3v) is 5.18. The molecule has 0 saturated carbocycles. The molecule has 0 amide bonds. The van der Waals surface area contributed by atoms with Crippen molar-refractivity contribution in [3.63, 3.8) is 0 Å². The van der Waals surface area contributed by atoms with E-state index >= 15 is 0 Å². The van der Waals surface area contributed by atoms with Crippen LogP contribution < -0.4 is 16.0 Å². The van der Waals surface area contributed by atoms with Crippen LogP contribution >= 0.6 is 12.2 Å². The van der Waals surface area contributed by atoms with Crippen molar-refractivity contribution in [2.75, 3.05) is 6.26 Å². The standard InChI is InChI=1S/C18H24N4O2S2.C2H6.H2/c1-12(13(2)20-14(3)25)17-10-11-19-18(22-17)21-15-6-5-7-16(9-8-15)26(4,23)24;1-2;/h6-11,18,21-22H,5H2,1-4H3,(H,20,25);1-2H3;1H/b13-12+;;. The molecule has 0 saturated heterocycles. The largest absolute Gasteiger partial charge is 0.354 e. The summed E-state index contributed by atoms with van der Waals surface area (Å²) in [6.07, 6.45) is 12.0. The van der Waals surface area contributed by atoms with Crippen LogP contribution in [0.5, 0.6) is 0 Å². The number of nitrogens with zero attached hydrogens (tertiary/aromatic N) is 1. The zero-order valence-corrected chi connectivity index (χ0v) is 19.0. The quantitative estimate of drug-likeness (QED) is 0.584. The van der Waals surface area contributed by atoms with Gasteiger partial charge < -0.3 is 16.0 Å². The van der Waals surface area contributed by atoms with E-state index in [1.165, 1.54) is 6.26 Å². The number of thiocarbonyl (C=S) groups is 1. The first-order valence-electron chi connectivity index (χ1n) is 9.17. The van der Waals surface area contributed by atoms with Crippen molar-refractivity contribution in [1.82, 2.24) is 16.0 Å². The van der Waals surface area contributed by atoms with Gasteiger partial charge in [-0.2, -0.15) is 0 Å². The van der Waals surface area contributed by atoms with Crippen molar-refractivity contribution in [3.05, 3.63) is 57.9 Å². The number of nitrogens with one attached hydrogen (secondary N) is 3. The maximum Gasteiger partial charge on any atom is 0.194 e. The number of sulfone groups is 1. The van der Waals surface area contributed by atoms with E-state index in [-0.39, 0.29) is 7.72 Å². The maximum absolute atomic E-state index is 11.7. The lowest BCUT2D eigenvalue weighted by atomic mass is 10.1. The van der Waals surface area contributed by atoms with Gasteiger partial charge in [0.1, 0.15) is 0 Å². The average Bonchev–Trinajstić information content (AvgIpc) is 2.88. The Kier molecular flexibility index (Phi) is 9.34. The summed E-state index contributed by atoms with van der Waals surface area (Å²) in [5, 5.41) is 9.72. The predicted octanol–water partition coefficient (Wildman–Crippen LogP) is 3.69. The molecular formula is C20H32N4O2S2. The number of hydrogen-bond donors (Lipinski definition) is 3. The molecule has 1 atom stereocenters. The van der Waals surface area contributed by atoms with Crippen LogP contribution in [0.25, 0.3) is 0 Å². The molecule has 0 bridgehead atoms. The zero-order valence-electron chi connectivity index (χ0n) is 17.3. The minimum absolute atomic E-state index is 0. The summed E-state index contributed by atoms with van der Waals surface area (Å²) in [7, 11) is -3.21. The molecule has 1 unspecified atom stereocenters. The van der Waals surface area contributed by atoms with Gasteiger partial charge in [-0.05, 0) is 51.0 Å². The smallest absolute Gasteiger partial charge is 0.194 e. The number of hydrogen-bond acceptors (Lipinski definition) is 6. The van der Waals surface area contributed by atoms with Crippen LogP contribution in [0.15, 0.2) is 62.9 Å². The highest BCUT2D eigenvalue weighted by Crippen LogP contribution is 2.16. The van der Waals surface area contributed by atoms with E-state index in [1.807, 2.05) is 46.8 Å². The van der Waals surface area contributed by atoms with E-state index in [0.29, 0.717) is 16.3 Å². The Balaban J connectivity index is 0.00000253. The Hall–Kier alpha value is -2.19. The van der Waals surface area contributed by atoms with Crippen molar-refractivity contribution in [3.8, 4) is 0 Å². The topological polar surface area (TPSA) is 82.6 Å². The summed E-state index contributed by atoms with van der Waals surface area (Å²) in [5.74, 6) is 0. The molecule has 0 fully saturated rings. The average molecular weight is 425 g/mol. The molecule has 0 radical (unpaired) electrons. The van der Waals surface area contributed by atoms with Crippen LogP contribution in [0, 0.1) is 0 Å². The van der Waals surface area contributed by atoms with Gasteiger partial charge in [0.05, 0.1) is 9.89 Å². The van der Waals surface area contributed by atoms with Gasteiger partial charge in [-0.25, -0.2) is 13.4 Å². The molecule has 28 heavy (non-hydrogen) atoms. The van der Waals surface area contributed by atoms with Crippen LogP contribution in [0.4, 0.5) is 0 Å². The van der Waals surface area contributed by atoms with Crippen molar-refractivity contribution in [2.45, 2.75) is 47.3 Å². The summed E-state index contributed by atoms with van der Waals surface area (Å²) in [5.41, 5.74) is 3.76. The van der Waals surface area contributed by atoms with E-state index in [1.54, 1.807) is 24.4 Å². The summed E-state index contributed by atoms with van der Waals surface area (Å²) >= 11 is 5.09. The Morgan fingerprint density at radius 2 is 1.93 bits per heavy atom. The van der Waals surface area contributed by atoms with Crippen molar-refractivity contribution in [2.24, 2.45) is 4.99 Å². The monoisotopic (exact) mass is 424 g/mol. The molecule has 156 valence electrons. The molecule has 0 aromatic rings. The van der Waals surface area contributed by atoms with Gasteiger partial charge in [-0.3, -0.25) is 0 Å². The second-order valence-electron chi connectivity index (χ2n) is 6.11. The summed E-state index contributed by atoms with van der Waals surface area (Å²) in [6.45, 7) is 9.81. The molecule has 2 rings (SSSR count). The summed E-state index contributed by atoms with van der Waals surface area (Å²) in [4.78, 5) is 5.41.